The quantitative estimate of drug-likeness (QED) is 0.576. The second-order valence-electron chi connectivity index (χ2n) is 3.98. The number of nitrogens with two attached hydrogens (primary N) is 1. The first kappa shape index (κ1) is 11.1. The summed E-state index contributed by atoms with van der Waals surface area (Å²) in [6.45, 7) is 5.89. The molecule has 0 heterocycles. The summed E-state index contributed by atoms with van der Waals surface area (Å²) in [5.41, 5.74) is 7.60. The lowest BCUT2D eigenvalue weighted by atomic mass is 10.1. The molecule has 0 aromatic heterocycles. The van der Waals surface area contributed by atoms with Gasteiger partial charge in [0, 0.05) is 12.3 Å². The zero-order valence-electron chi connectivity index (χ0n) is 8.99. The highest BCUT2D eigenvalue weighted by Crippen LogP contribution is 2.08. The Balaban J connectivity index is 2.25. The summed E-state index contributed by atoms with van der Waals surface area (Å²) in [4.78, 5) is 0. The first-order valence-electron chi connectivity index (χ1n) is 5.10. The topological polar surface area (TPSA) is 35.2 Å². The van der Waals surface area contributed by atoms with Crippen molar-refractivity contribution in [2.45, 2.75) is 26.9 Å². The molecule has 0 amide bonds. The molecule has 78 valence electrons. The minimum Gasteiger partial charge on any atom is -0.399 e. The molecule has 14 heavy (non-hydrogen) atoms. The molecule has 0 saturated heterocycles. The molecule has 0 unspecified atom stereocenters. The van der Waals surface area contributed by atoms with Gasteiger partial charge in [-0.2, -0.15) is 0 Å². The van der Waals surface area contributed by atoms with E-state index in [1.54, 1.807) is 0 Å². The Morgan fingerprint density at radius 3 is 2.79 bits per heavy atom. The number of nitrogen functional groups attached to an aromatic ring is 1. The van der Waals surface area contributed by atoms with Crippen LogP contribution in [-0.4, -0.2) is 6.61 Å². The van der Waals surface area contributed by atoms with Crippen LogP contribution in [0.15, 0.2) is 24.3 Å². The SMILES string of the molecule is CC(C)CCOCc1cccc(N)c1. The van der Waals surface area contributed by atoms with E-state index in [9.17, 15) is 0 Å². The van der Waals surface area contributed by atoms with Gasteiger partial charge in [-0.25, -0.2) is 0 Å². The molecule has 0 atom stereocenters. The molecule has 0 fully saturated rings. The lowest BCUT2D eigenvalue weighted by Crippen LogP contribution is -1.99. The highest BCUT2D eigenvalue weighted by Gasteiger charge is 1.96. The predicted octanol–water partition coefficient (Wildman–Crippen LogP) is 2.83. The lowest BCUT2D eigenvalue weighted by molar-refractivity contribution is 0.111. The zero-order chi connectivity index (χ0) is 10.4. The van der Waals surface area contributed by atoms with Crippen LogP contribution in [0, 0.1) is 5.92 Å². The van der Waals surface area contributed by atoms with Gasteiger partial charge in [-0.05, 0) is 30.0 Å². The zero-order valence-corrected chi connectivity index (χ0v) is 8.99. The van der Waals surface area contributed by atoms with Gasteiger partial charge in [0.15, 0.2) is 0 Å². The van der Waals surface area contributed by atoms with Crippen LogP contribution in [0.1, 0.15) is 25.8 Å². The average molecular weight is 193 g/mol. The van der Waals surface area contributed by atoms with Gasteiger partial charge in [-0.3, -0.25) is 0 Å². The fourth-order valence-electron chi connectivity index (χ4n) is 1.19. The summed E-state index contributed by atoms with van der Waals surface area (Å²) in [7, 11) is 0. The molecule has 2 heteroatoms. The number of rotatable bonds is 5. The normalized spacial score (nSPS) is 10.8. The highest BCUT2D eigenvalue weighted by atomic mass is 16.5. The third-order valence-corrected chi connectivity index (χ3v) is 2.06. The van der Waals surface area contributed by atoms with Gasteiger partial charge in [0.1, 0.15) is 0 Å². The van der Waals surface area contributed by atoms with Crippen LogP contribution >= 0.6 is 0 Å². The molecular weight excluding hydrogens is 174 g/mol. The standard InChI is InChI=1S/C12H19NO/c1-10(2)6-7-14-9-11-4-3-5-12(13)8-11/h3-5,8,10H,6-7,9,13H2,1-2H3. The Morgan fingerprint density at radius 2 is 2.14 bits per heavy atom. The van der Waals surface area contributed by atoms with Crippen molar-refractivity contribution in [2.24, 2.45) is 5.92 Å². The molecule has 1 aromatic rings. The average Bonchev–Trinajstić information content (AvgIpc) is 2.12. The highest BCUT2D eigenvalue weighted by molar-refractivity contribution is 5.40. The summed E-state index contributed by atoms with van der Waals surface area (Å²) in [5.74, 6) is 0.704. The Hall–Kier alpha value is -1.02. The van der Waals surface area contributed by atoms with Crippen molar-refractivity contribution >= 4 is 5.69 Å². The maximum Gasteiger partial charge on any atom is 0.0717 e. The fraction of sp³-hybridized carbons (Fsp3) is 0.500. The van der Waals surface area contributed by atoms with Crippen LogP contribution < -0.4 is 5.73 Å². The summed E-state index contributed by atoms with van der Waals surface area (Å²) in [6, 6.07) is 7.83. The molecule has 0 aliphatic carbocycles. The molecule has 0 aliphatic rings. The second-order valence-corrected chi connectivity index (χ2v) is 3.98. The molecule has 0 aliphatic heterocycles. The Bertz CT molecular complexity index is 271. The van der Waals surface area contributed by atoms with Gasteiger partial charge in [0.2, 0.25) is 0 Å². The van der Waals surface area contributed by atoms with Crippen LogP contribution in [0.2, 0.25) is 0 Å². The fourth-order valence-corrected chi connectivity index (χ4v) is 1.19. The molecule has 0 saturated carbocycles. The van der Waals surface area contributed by atoms with Crippen LogP contribution in [0.4, 0.5) is 5.69 Å². The van der Waals surface area contributed by atoms with Crippen LogP contribution in [0.25, 0.3) is 0 Å². The Morgan fingerprint density at radius 1 is 1.36 bits per heavy atom. The van der Waals surface area contributed by atoms with Crippen molar-refractivity contribution in [3.63, 3.8) is 0 Å². The van der Waals surface area contributed by atoms with Gasteiger partial charge in [-0.1, -0.05) is 26.0 Å². The third kappa shape index (κ3) is 4.28. The first-order valence-corrected chi connectivity index (χ1v) is 5.10. The van der Waals surface area contributed by atoms with Crippen molar-refractivity contribution < 1.29 is 4.74 Å². The number of anilines is 1. The van der Waals surface area contributed by atoms with Gasteiger partial charge in [0.25, 0.3) is 0 Å². The molecule has 1 aromatic carbocycles. The van der Waals surface area contributed by atoms with Gasteiger partial charge >= 0.3 is 0 Å². The van der Waals surface area contributed by atoms with E-state index in [4.69, 9.17) is 10.5 Å². The van der Waals surface area contributed by atoms with E-state index in [-0.39, 0.29) is 0 Å². The second kappa shape index (κ2) is 5.66. The van der Waals surface area contributed by atoms with E-state index in [1.807, 2.05) is 24.3 Å². The van der Waals surface area contributed by atoms with Crippen molar-refractivity contribution in [2.75, 3.05) is 12.3 Å². The molecule has 2 nitrogen and oxygen atoms in total. The summed E-state index contributed by atoms with van der Waals surface area (Å²) >= 11 is 0. The van der Waals surface area contributed by atoms with E-state index in [1.165, 1.54) is 0 Å². The number of hydrogen-bond acceptors (Lipinski definition) is 2. The van der Waals surface area contributed by atoms with Crippen molar-refractivity contribution in [3.8, 4) is 0 Å². The minimum absolute atomic E-state index is 0.664. The van der Waals surface area contributed by atoms with Gasteiger partial charge < -0.3 is 10.5 Å². The van der Waals surface area contributed by atoms with Crippen LogP contribution in [-0.2, 0) is 11.3 Å². The summed E-state index contributed by atoms with van der Waals surface area (Å²) in [6.07, 6.45) is 1.11. The molecule has 0 spiro atoms. The van der Waals surface area contributed by atoms with Crippen molar-refractivity contribution in [1.82, 2.24) is 0 Å². The van der Waals surface area contributed by atoms with Crippen LogP contribution in [0.5, 0.6) is 0 Å². The molecule has 0 bridgehead atoms. The van der Waals surface area contributed by atoms with Crippen molar-refractivity contribution in [3.05, 3.63) is 29.8 Å². The monoisotopic (exact) mass is 193 g/mol. The summed E-state index contributed by atoms with van der Waals surface area (Å²) < 4.78 is 5.53. The van der Waals surface area contributed by atoms with E-state index in [0.29, 0.717) is 12.5 Å². The van der Waals surface area contributed by atoms with Gasteiger partial charge in [-0.15, -0.1) is 0 Å². The van der Waals surface area contributed by atoms with E-state index < -0.39 is 0 Å². The number of benzene rings is 1. The minimum atomic E-state index is 0.664. The molecule has 1 rings (SSSR count). The lowest BCUT2D eigenvalue weighted by Gasteiger charge is -2.06. The molecule has 0 radical (unpaired) electrons. The third-order valence-electron chi connectivity index (χ3n) is 2.06. The van der Waals surface area contributed by atoms with E-state index in [0.717, 1.165) is 24.3 Å². The number of ether oxygens (including phenoxy) is 1. The van der Waals surface area contributed by atoms with Crippen LogP contribution in [0.3, 0.4) is 0 Å². The first-order chi connectivity index (χ1) is 6.68. The van der Waals surface area contributed by atoms with E-state index >= 15 is 0 Å². The molecule has 2 N–H and O–H groups in total. The van der Waals surface area contributed by atoms with Crippen molar-refractivity contribution in [1.29, 1.82) is 0 Å². The summed E-state index contributed by atoms with van der Waals surface area (Å²) in [5, 5.41) is 0. The largest absolute Gasteiger partial charge is 0.399 e. The predicted molar refractivity (Wildman–Crippen MR) is 60.0 cm³/mol. The maximum absolute atomic E-state index is 5.66. The number of hydrogen-bond donors (Lipinski definition) is 1. The smallest absolute Gasteiger partial charge is 0.0717 e. The van der Waals surface area contributed by atoms with Gasteiger partial charge in [0.05, 0.1) is 6.61 Å². The maximum atomic E-state index is 5.66. The molecular formula is C12H19NO. The Labute approximate surface area is 86.1 Å². The van der Waals surface area contributed by atoms with E-state index in [2.05, 4.69) is 13.8 Å². The Kier molecular flexibility index (Phi) is 4.47.